The fourth-order valence-electron chi connectivity index (χ4n) is 2.12. The second-order valence-electron chi connectivity index (χ2n) is 4.62. The van der Waals surface area contributed by atoms with Crippen LogP contribution in [0.2, 0.25) is 0 Å². The van der Waals surface area contributed by atoms with Crippen molar-refractivity contribution in [2.75, 3.05) is 13.4 Å². The lowest BCUT2D eigenvalue weighted by molar-refractivity contribution is -0.140. The van der Waals surface area contributed by atoms with Crippen LogP contribution < -0.4 is 4.74 Å². The zero-order chi connectivity index (χ0) is 14.4. The van der Waals surface area contributed by atoms with Gasteiger partial charge in [-0.05, 0) is 18.9 Å². The van der Waals surface area contributed by atoms with E-state index in [1.165, 1.54) is 13.2 Å². The highest BCUT2D eigenvalue weighted by Gasteiger charge is 2.54. The summed E-state index contributed by atoms with van der Waals surface area (Å²) in [6, 6.07) is 2.41. The molecule has 104 valence electrons. The van der Waals surface area contributed by atoms with Crippen LogP contribution in [0.15, 0.2) is 17.0 Å². The highest BCUT2D eigenvalue weighted by Crippen LogP contribution is 2.52. The smallest absolute Gasteiger partial charge is 0.314 e. The first kappa shape index (κ1) is 13.8. The number of hydrogen-bond donors (Lipinski definition) is 1. The Hall–Kier alpha value is -1.63. The fraction of sp³-hybridized carbons (Fsp3) is 0.417. The molecule has 0 aromatic heterocycles. The third-order valence-corrected chi connectivity index (χ3v) is 4.45. The highest BCUT2D eigenvalue weighted by atomic mass is 32.2. The molecule has 1 aromatic rings. The number of carboxylic acids is 1. The summed E-state index contributed by atoms with van der Waals surface area (Å²) in [5.41, 5.74) is -0.963. The summed E-state index contributed by atoms with van der Waals surface area (Å²) < 4.78 is 41.9. The van der Waals surface area contributed by atoms with E-state index >= 15 is 0 Å². The van der Waals surface area contributed by atoms with Crippen molar-refractivity contribution in [3.63, 3.8) is 0 Å². The maximum atomic E-state index is 14.2. The van der Waals surface area contributed by atoms with Crippen molar-refractivity contribution in [2.45, 2.75) is 23.2 Å². The fourth-order valence-corrected chi connectivity index (χ4v) is 2.86. The van der Waals surface area contributed by atoms with Gasteiger partial charge in [-0.15, -0.1) is 0 Å². The molecule has 1 fully saturated rings. The van der Waals surface area contributed by atoms with Gasteiger partial charge in [0.25, 0.3) is 0 Å². The van der Waals surface area contributed by atoms with E-state index in [1.54, 1.807) is 0 Å². The van der Waals surface area contributed by atoms with Crippen LogP contribution in [0.3, 0.4) is 0 Å². The Morgan fingerprint density at radius 1 is 1.42 bits per heavy atom. The van der Waals surface area contributed by atoms with Crippen molar-refractivity contribution in [3.05, 3.63) is 23.5 Å². The molecule has 19 heavy (non-hydrogen) atoms. The normalized spacial score (nSPS) is 17.0. The summed E-state index contributed by atoms with van der Waals surface area (Å²) >= 11 is 0. The largest absolute Gasteiger partial charge is 0.493 e. The topological polar surface area (TPSA) is 80.7 Å². The Bertz CT molecular complexity index is 646. The molecule has 0 atom stereocenters. The molecule has 0 radical (unpaired) electrons. The zero-order valence-electron chi connectivity index (χ0n) is 10.4. The Morgan fingerprint density at radius 2 is 2.00 bits per heavy atom. The quantitative estimate of drug-likeness (QED) is 0.904. The van der Waals surface area contributed by atoms with Gasteiger partial charge in [0.15, 0.2) is 21.4 Å². The molecular formula is C12H13FO5S. The number of carboxylic acid groups (broad SMARTS) is 1. The molecule has 0 heterocycles. The number of hydrogen-bond acceptors (Lipinski definition) is 4. The maximum absolute atomic E-state index is 14.2. The summed E-state index contributed by atoms with van der Waals surface area (Å²) in [6.07, 6.45) is 1.65. The van der Waals surface area contributed by atoms with Gasteiger partial charge in [0.2, 0.25) is 0 Å². The van der Waals surface area contributed by atoms with Crippen LogP contribution in [0.5, 0.6) is 5.75 Å². The average Bonchev–Trinajstić information content (AvgIpc) is 3.07. The minimum Gasteiger partial charge on any atom is -0.493 e. The molecule has 0 unspecified atom stereocenters. The van der Waals surface area contributed by atoms with Crippen LogP contribution in [0.1, 0.15) is 18.4 Å². The van der Waals surface area contributed by atoms with Crippen molar-refractivity contribution >= 4 is 15.8 Å². The van der Waals surface area contributed by atoms with E-state index < -0.39 is 31.9 Å². The second kappa shape index (κ2) is 4.19. The lowest BCUT2D eigenvalue weighted by Crippen LogP contribution is -2.21. The average molecular weight is 288 g/mol. The number of sulfone groups is 1. The van der Waals surface area contributed by atoms with Gasteiger partial charge in [0.1, 0.15) is 4.90 Å². The first-order valence-electron chi connectivity index (χ1n) is 5.54. The second-order valence-corrected chi connectivity index (χ2v) is 6.60. The molecule has 1 aliphatic carbocycles. The number of carbonyl (C=O) groups is 1. The summed E-state index contributed by atoms with van der Waals surface area (Å²) in [4.78, 5) is 10.8. The summed E-state index contributed by atoms with van der Waals surface area (Å²) in [6.45, 7) is 0. The molecule has 1 saturated carbocycles. The van der Waals surface area contributed by atoms with E-state index in [9.17, 15) is 22.7 Å². The van der Waals surface area contributed by atoms with Gasteiger partial charge in [-0.3, -0.25) is 4.79 Å². The first-order chi connectivity index (χ1) is 8.74. The number of aliphatic carboxylic acids is 1. The van der Waals surface area contributed by atoms with Crippen molar-refractivity contribution in [2.24, 2.45) is 0 Å². The highest BCUT2D eigenvalue weighted by molar-refractivity contribution is 7.90. The van der Waals surface area contributed by atoms with Crippen LogP contribution >= 0.6 is 0 Å². The molecule has 1 aromatic carbocycles. The third kappa shape index (κ3) is 2.07. The van der Waals surface area contributed by atoms with Gasteiger partial charge in [-0.1, -0.05) is 6.07 Å². The van der Waals surface area contributed by atoms with Crippen molar-refractivity contribution in [1.29, 1.82) is 0 Å². The molecule has 0 bridgehead atoms. The van der Waals surface area contributed by atoms with E-state index in [4.69, 9.17) is 4.74 Å². The van der Waals surface area contributed by atoms with Gasteiger partial charge in [0.05, 0.1) is 12.5 Å². The van der Waals surface area contributed by atoms with Gasteiger partial charge in [0, 0.05) is 11.8 Å². The number of rotatable bonds is 4. The van der Waals surface area contributed by atoms with E-state index in [1.807, 2.05) is 0 Å². The van der Waals surface area contributed by atoms with E-state index in [0.29, 0.717) is 12.8 Å². The van der Waals surface area contributed by atoms with Crippen LogP contribution in [-0.4, -0.2) is 32.9 Å². The van der Waals surface area contributed by atoms with E-state index in [0.717, 1.165) is 12.3 Å². The van der Waals surface area contributed by atoms with Crippen LogP contribution in [0.25, 0.3) is 0 Å². The predicted octanol–water partition coefficient (Wildman–Crippen LogP) is 1.35. The minimum atomic E-state index is -3.73. The molecular weight excluding hydrogens is 275 g/mol. The van der Waals surface area contributed by atoms with Crippen molar-refractivity contribution < 1.29 is 27.4 Å². The third-order valence-electron chi connectivity index (χ3n) is 3.34. The minimum absolute atomic E-state index is 0.187. The molecule has 0 amide bonds. The number of benzene rings is 1. The van der Waals surface area contributed by atoms with Crippen LogP contribution in [-0.2, 0) is 20.0 Å². The lowest BCUT2D eigenvalue weighted by Gasteiger charge is -2.16. The number of methoxy groups -OCH3 is 1. The van der Waals surface area contributed by atoms with Gasteiger partial charge in [-0.25, -0.2) is 12.8 Å². The van der Waals surface area contributed by atoms with Gasteiger partial charge < -0.3 is 9.84 Å². The maximum Gasteiger partial charge on any atom is 0.314 e. The molecule has 2 rings (SSSR count). The standard InChI is InChI=1S/C12H13FO5S/c1-18-10-7(12(5-6-12)11(14)15)3-4-8(9(10)13)19(2,16)17/h3-4H,5-6H2,1-2H3,(H,14,15). The Morgan fingerprint density at radius 3 is 2.37 bits per heavy atom. The lowest BCUT2D eigenvalue weighted by atomic mass is 9.95. The Balaban J connectivity index is 2.67. The monoisotopic (exact) mass is 288 g/mol. The number of ether oxygens (including phenoxy) is 1. The van der Waals surface area contributed by atoms with E-state index in [-0.39, 0.29) is 11.3 Å². The van der Waals surface area contributed by atoms with Crippen molar-refractivity contribution in [3.8, 4) is 5.75 Å². The molecule has 5 nitrogen and oxygen atoms in total. The molecule has 0 aliphatic heterocycles. The molecule has 0 saturated heterocycles. The zero-order valence-corrected chi connectivity index (χ0v) is 11.3. The van der Waals surface area contributed by atoms with Gasteiger partial charge in [-0.2, -0.15) is 0 Å². The summed E-state index contributed by atoms with van der Waals surface area (Å²) in [5.74, 6) is -2.39. The summed E-state index contributed by atoms with van der Waals surface area (Å²) in [5, 5.41) is 9.20. The molecule has 0 spiro atoms. The Kier molecular flexibility index (Phi) is 3.04. The molecule has 1 aliphatic rings. The van der Waals surface area contributed by atoms with Crippen molar-refractivity contribution in [1.82, 2.24) is 0 Å². The van der Waals surface area contributed by atoms with E-state index in [2.05, 4.69) is 0 Å². The van der Waals surface area contributed by atoms with Gasteiger partial charge >= 0.3 is 5.97 Å². The number of halogens is 1. The van der Waals surface area contributed by atoms with Crippen LogP contribution in [0, 0.1) is 5.82 Å². The SMILES string of the molecule is COc1c(C2(C(=O)O)CC2)ccc(S(C)(=O)=O)c1F. The predicted molar refractivity (Wildman–Crippen MR) is 64.6 cm³/mol. The molecule has 7 heteroatoms. The first-order valence-corrected chi connectivity index (χ1v) is 7.43. The summed E-state index contributed by atoms with van der Waals surface area (Å²) in [7, 11) is -2.54. The Labute approximate surface area is 109 Å². The molecule has 1 N–H and O–H groups in total. The van der Waals surface area contributed by atoms with Crippen LogP contribution in [0.4, 0.5) is 4.39 Å².